The van der Waals surface area contributed by atoms with Gasteiger partial charge in [0.15, 0.2) is 6.04 Å². The lowest BCUT2D eigenvalue weighted by Gasteiger charge is -2.17. The predicted octanol–water partition coefficient (Wildman–Crippen LogP) is 3.28. The molecule has 2 saturated carbocycles. The van der Waals surface area contributed by atoms with Gasteiger partial charge in [-0.15, -0.1) is 0 Å². The molecule has 5 nitrogen and oxygen atoms in total. The van der Waals surface area contributed by atoms with E-state index in [2.05, 4.69) is 21.2 Å². The van der Waals surface area contributed by atoms with E-state index in [9.17, 15) is 14.7 Å². The zero-order valence-electron chi connectivity index (χ0n) is 13.0. The molecule has 0 bridgehead atoms. The molecule has 1 spiro atoms. The molecule has 124 valence electrons. The molecule has 1 aromatic carbocycles. The zero-order valence-corrected chi connectivity index (χ0v) is 14.6. The number of carboxylic acid groups (broad SMARTS) is 1. The number of methoxy groups -OCH3 is 1. The van der Waals surface area contributed by atoms with E-state index in [0.29, 0.717) is 15.8 Å². The fourth-order valence-electron chi connectivity index (χ4n) is 3.74. The Hall–Kier alpha value is -1.56. The van der Waals surface area contributed by atoms with Crippen molar-refractivity contribution in [1.82, 2.24) is 5.32 Å². The van der Waals surface area contributed by atoms with E-state index < -0.39 is 12.0 Å². The Labute approximate surface area is 143 Å². The van der Waals surface area contributed by atoms with Crippen molar-refractivity contribution in [3.8, 4) is 5.75 Å². The first-order valence-corrected chi connectivity index (χ1v) is 8.63. The molecule has 2 fully saturated rings. The van der Waals surface area contributed by atoms with Crippen molar-refractivity contribution < 1.29 is 19.4 Å². The van der Waals surface area contributed by atoms with Crippen LogP contribution in [0.1, 0.15) is 43.7 Å². The molecule has 2 aliphatic carbocycles. The fraction of sp³-hybridized carbons (Fsp3) is 0.529. The van der Waals surface area contributed by atoms with Crippen molar-refractivity contribution in [3.63, 3.8) is 0 Å². The smallest absolute Gasteiger partial charge is 0.330 e. The summed E-state index contributed by atoms with van der Waals surface area (Å²) in [4.78, 5) is 24.0. The van der Waals surface area contributed by atoms with Crippen LogP contribution in [-0.4, -0.2) is 24.1 Å². The fourth-order valence-corrected chi connectivity index (χ4v) is 4.30. The number of amides is 1. The van der Waals surface area contributed by atoms with Crippen molar-refractivity contribution >= 4 is 27.8 Å². The van der Waals surface area contributed by atoms with Gasteiger partial charge in [0.25, 0.3) is 0 Å². The van der Waals surface area contributed by atoms with Gasteiger partial charge < -0.3 is 15.2 Å². The molecule has 0 aromatic heterocycles. The number of carbonyl (C=O) groups excluding carboxylic acids is 1. The maximum atomic E-state index is 12.5. The number of nitrogens with one attached hydrogen (secondary N) is 1. The number of carboxylic acids is 1. The van der Waals surface area contributed by atoms with Gasteiger partial charge in [-0.3, -0.25) is 4.79 Å². The molecule has 2 atom stereocenters. The highest BCUT2D eigenvalue weighted by Crippen LogP contribution is 2.62. The summed E-state index contributed by atoms with van der Waals surface area (Å²) < 4.78 is 5.81. The van der Waals surface area contributed by atoms with E-state index in [1.807, 2.05) is 0 Å². The van der Waals surface area contributed by atoms with Gasteiger partial charge in [-0.2, -0.15) is 0 Å². The Morgan fingerprint density at radius 1 is 1.39 bits per heavy atom. The highest BCUT2D eigenvalue weighted by molar-refractivity contribution is 9.10. The van der Waals surface area contributed by atoms with Gasteiger partial charge in [0, 0.05) is 5.92 Å². The van der Waals surface area contributed by atoms with Crippen LogP contribution in [0.15, 0.2) is 22.7 Å². The summed E-state index contributed by atoms with van der Waals surface area (Å²) in [7, 11) is 1.55. The second-order valence-corrected chi connectivity index (χ2v) is 7.35. The first kappa shape index (κ1) is 16.3. The number of halogens is 1. The third-order valence-corrected chi connectivity index (χ3v) is 5.77. The maximum Gasteiger partial charge on any atom is 0.330 e. The van der Waals surface area contributed by atoms with Crippen molar-refractivity contribution in [2.75, 3.05) is 7.11 Å². The lowest BCUT2D eigenvalue weighted by atomic mass is 10.0. The number of carbonyl (C=O) groups is 2. The Balaban J connectivity index is 1.73. The topological polar surface area (TPSA) is 75.6 Å². The molecule has 1 amide bonds. The van der Waals surface area contributed by atoms with E-state index in [1.165, 1.54) is 12.8 Å². The molecular formula is C17H20BrNO4. The Morgan fingerprint density at radius 2 is 2.09 bits per heavy atom. The second-order valence-electron chi connectivity index (χ2n) is 6.50. The van der Waals surface area contributed by atoms with Crippen LogP contribution in [0.25, 0.3) is 0 Å². The Morgan fingerprint density at radius 3 is 2.65 bits per heavy atom. The van der Waals surface area contributed by atoms with Crippen LogP contribution >= 0.6 is 15.9 Å². The summed E-state index contributed by atoms with van der Waals surface area (Å²) in [5.74, 6) is -0.590. The van der Waals surface area contributed by atoms with Crippen LogP contribution in [0.5, 0.6) is 5.75 Å². The summed E-state index contributed by atoms with van der Waals surface area (Å²) in [6, 6.07) is 4.00. The van der Waals surface area contributed by atoms with Crippen molar-refractivity contribution in [3.05, 3.63) is 28.2 Å². The van der Waals surface area contributed by atoms with Crippen LogP contribution in [0.2, 0.25) is 0 Å². The molecule has 0 radical (unpaired) electrons. The van der Waals surface area contributed by atoms with Gasteiger partial charge in [0.2, 0.25) is 5.91 Å². The van der Waals surface area contributed by atoms with Crippen LogP contribution in [0, 0.1) is 11.3 Å². The predicted molar refractivity (Wildman–Crippen MR) is 88.2 cm³/mol. The minimum Gasteiger partial charge on any atom is -0.496 e. The summed E-state index contributed by atoms with van der Waals surface area (Å²) in [6.07, 6.45) is 5.44. The number of hydrogen-bond acceptors (Lipinski definition) is 3. The molecule has 0 heterocycles. The summed E-state index contributed by atoms with van der Waals surface area (Å²) in [5.41, 5.74) is 0.688. The van der Waals surface area contributed by atoms with Crippen LogP contribution in [0.4, 0.5) is 0 Å². The molecular weight excluding hydrogens is 362 g/mol. The molecule has 2 N–H and O–H groups in total. The van der Waals surface area contributed by atoms with E-state index in [4.69, 9.17) is 4.74 Å². The van der Waals surface area contributed by atoms with Crippen molar-refractivity contribution in [1.29, 1.82) is 0 Å². The van der Waals surface area contributed by atoms with Gasteiger partial charge in [-0.25, -0.2) is 4.79 Å². The average Bonchev–Trinajstić information content (AvgIpc) is 3.01. The van der Waals surface area contributed by atoms with Gasteiger partial charge in [-0.05, 0) is 58.3 Å². The standard InChI is InChI=1S/C17H20BrNO4/c1-23-13-5-4-10(8-12(13)18)14(16(21)22)19-15(20)11-9-17(11)6-2-3-7-17/h4-5,8,11,14H,2-3,6-7,9H2,1H3,(H,19,20)(H,21,22). The first-order valence-electron chi connectivity index (χ1n) is 7.83. The Kier molecular flexibility index (Phi) is 4.36. The van der Waals surface area contributed by atoms with Gasteiger partial charge in [0.05, 0.1) is 11.6 Å². The minimum atomic E-state index is -1.06. The SMILES string of the molecule is COc1ccc(C(NC(=O)C2CC23CCCC3)C(=O)O)cc1Br. The number of benzene rings is 1. The third kappa shape index (κ3) is 3.09. The van der Waals surface area contributed by atoms with Crippen molar-refractivity contribution in [2.24, 2.45) is 11.3 Å². The lowest BCUT2D eigenvalue weighted by molar-refractivity contribution is -0.142. The molecule has 2 unspecified atom stereocenters. The van der Waals surface area contributed by atoms with Crippen molar-refractivity contribution in [2.45, 2.75) is 38.1 Å². The zero-order chi connectivity index (χ0) is 16.6. The van der Waals surface area contributed by atoms with Gasteiger partial charge in [-0.1, -0.05) is 18.9 Å². The average molecular weight is 382 g/mol. The maximum absolute atomic E-state index is 12.5. The first-order chi connectivity index (χ1) is 11.0. The summed E-state index contributed by atoms with van der Waals surface area (Å²) >= 11 is 3.35. The molecule has 6 heteroatoms. The largest absolute Gasteiger partial charge is 0.496 e. The number of ether oxygens (including phenoxy) is 1. The van der Waals surface area contributed by atoms with E-state index in [0.717, 1.165) is 19.3 Å². The second kappa shape index (κ2) is 6.15. The summed E-state index contributed by atoms with van der Waals surface area (Å²) in [5, 5.41) is 12.2. The minimum absolute atomic E-state index is 0.0199. The number of aliphatic carboxylic acids is 1. The lowest BCUT2D eigenvalue weighted by Crippen LogP contribution is -2.35. The molecule has 1 aromatic rings. The van der Waals surface area contributed by atoms with Gasteiger partial charge >= 0.3 is 5.97 Å². The van der Waals surface area contributed by atoms with Crippen LogP contribution in [0.3, 0.4) is 0 Å². The monoisotopic (exact) mass is 381 g/mol. The number of hydrogen-bond donors (Lipinski definition) is 2. The quantitative estimate of drug-likeness (QED) is 0.820. The van der Waals surface area contributed by atoms with Gasteiger partial charge in [0.1, 0.15) is 5.75 Å². The number of rotatable bonds is 5. The summed E-state index contributed by atoms with van der Waals surface area (Å²) in [6.45, 7) is 0. The molecule has 23 heavy (non-hydrogen) atoms. The van der Waals surface area contributed by atoms with E-state index in [-0.39, 0.29) is 17.2 Å². The van der Waals surface area contributed by atoms with Crippen LogP contribution < -0.4 is 10.1 Å². The normalized spacial score (nSPS) is 22.6. The third-order valence-electron chi connectivity index (χ3n) is 5.15. The molecule has 3 rings (SSSR count). The van der Waals surface area contributed by atoms with E-state index >= 15 is 0 Å². The highest BCUT2D eigenvalue weighted by atomic mass is 79.9. The molecule has 2 aliphatic rings. The Bertz CT molecular complexity index is 639. The van der Waals surface area contributed by atoms with Crippen LogP contribution in [-0.2, 0) is 9.59 Å². The highest BCUT2D eigenvalue weighted by Gasteiger charge is 2.58. The molecule has 0 saturated heterocycles. The van der Waals surface area contributed by atoms with E-state index in [1.54, 1.807) is 25.3 Å². The molecule has 0 aliphatic heterocycles.